The van der Waals surface area contributed by atoms with Crippen LogP contribution in [0.15, 0.2) is 30.5 Å². The summed E-state index contributed by atoms with van der Waals surface area (Å²) >= 11 is 6.39. The molecule has 2 heterocycles. The fourth-order valence-electron chi connectivity index (χ4n) is 4.29. The quantitative estimate of drug-likeness (QED) is 0.696. The molecular weight excluding hydrogens is 438 g/mol. The molecule has 4 rings (SSSR count). The molecule has 172 valence electrons. The summed E-state index contributed by atoms with van der Waals surface area (Å²) in [5.41, 5.74) is 3.28. The Morgan fingerprint density at radius 1 is 1.27 bits per heavy atom. The smallest absolute Gasteiger partial charge is 0.257 e. The Labute approximate surface area is 199 Å². The third kappa shape index (κ3) is 5.70. The molecule has 8 heteroatoms. The number of aromatic nitrogens is 1. The van der Waals surface area contributed by atoms with Crippen LogP contribution in [0.2, 0.25) is 5.02 Å². The minimum Gasteiger partial charge on any atom is -0.337 e. The molecule has 1 N–H and O–H groups in total. The lowest BCUT2D eigenvalue weighted by molar-refractivity contribution is -0.136. The fraction of sp³-hybridized carbons (Fsp3) is 0.440. The van der Waals surface area contributed by atoms with Crippen LogP contribution in [-0.2, 0) is 11.3 Å². The molecule has 0 spiro atoms. The lowest BCUT2D eigenvalue weighted by Gasteiger charge is -2.40. The minimum absolute atomic E-state index is 0.174. The number of hydrogen-bond acceptors (Lipinski definition) is 5. The Morgan fingerprint density at radius 3 is 2.70 bits per heavy atom. The molecule has 1 saturated carbocycles. The van der Waals surface area contributed by atoms with Gasteiger partial charge in [-0.15, -0.1) is 0 Å². The van der Waals surface area contributed by atoms with Crippen LogP contribution in [0.25, 0.3) is 0 Å². The largest absolute Gasteiger partial charge is 0.337 e. The average Bonchev–Trinajstić information content (AvgIpc) is 3.61. The topological polar surface area (TPSA) is 89.3 Å². The maximum atomic E-state index is 12.7. The van der Waals surface area contributed by atoms with E-state index in [4.69, 9.17) is 16.9 Å². The van der Waals surface area contributed by atoms with E-state index >= 15 is 0 Å². The molecule has 33 heavy (non-hydrogen) atoms. The van der Waals surface area contributed by atoms with Crippen molar-refractivity contribution in [2.45, 2.75) is 45.7 Å². The summed E-state index contributed by atoms with van der Waals surface area (Å²) < 4.78 is 0. The molecule has 1 saturated heterocycles. The molecule has 2 aromatic rings. The van der Waals surface area contributed by atoms with Gasteiger partial charge in [-0.1, -0.05) is 11.6 Å². The van der Waals surface area contributed by atoms with Gasteiger partial charge in [0.25, 0.3) is 5.91 Å². The summed E-state index contributed by atoms with van der Waals surface area (Å²) in [6.07, 6.45) is 4.46. The Balaban J connectivity index is 1.42. The van der Waals surface area contributed by atoms with Crippen LogP contribution in [0.5, 0.6) is 0 Å². The van der Waals surface area contributed by atoms with Crippen molar-refractivity contribution < 1.29 is 9.59 Å². The standard InChI is InChI=1S/C25H28ClN5O2/c1-16-14-30(7-8-31(16)24(32)9-18-3-4-18)15-20-10-21(26)11-23(17(20)2)29-25(33)19-5-6-22(12-27)28-13-19/h5-6,10-11,13,16,18H,3-4,7-9,14-15H2,1-2H3,(H,29,33)/t16-/m0/s1. The molecule has 1 aliphatic heterocycles. The highest BCUT2D eigenvalue weighted by Crippen LogP contribution is 2.33. The van der Waals surface area contributed by atoms with Crippen molar-refractivity contribution >= 4 is 29.1 Å². The van der Waals surface area contributed by atoms with Gasteiger partial charge in [0.05, 0.1) is 5.56 Å². The molecule has 0 unspecified atom stereocenters. The number of nitrogens with zero attached hydrogens (tertiary/aromatic N) is 4. The van der Waals surface area contributed by atoms with Crippen LogP contribution in [0, 0.1) is 24.2 Å². The molecule has 0 bridgehead atoms. The average molecular weight is 466 g/mol. The molecule has 2 fully saturated rings. The Kier molecular flexibility index (Phi) is 6.96. The number of nitrogens with one attached hydrogen (secondary N) is 1. The number of carbonyl (C=O) groups is 2. The van der Waals surface area contributed by atoms with Gasteiger partial charge in [-0.25, -0.2) is 4.98 Å². The lowest BCUT2D eigenvalue weighted by Crippen LogP contribution is -2.53. The maximum absolute atomic E-state index is 12.7. The van der Waals surface area contributed by atoms with Crippen LogP contribution >= 0.6 is 11.6 Å². The van der Waals surface area contributed by atoms with E-state index in [2.05, 4.69) is 22.1 Å². The van der Waals surface area contributed by atoms with Crippen molar-refractivity contribution in [1.29, 1.82) is 5.26 Å². The summed E-state index contributed by atoms with van der Waals surface area (Å²) in [6, 6.07) is 8.89. The Morgan fingerprint density at radius 2 is 2.06 bits per heavy atom. The van der Waals surface area contributed by atoms with E-state index in [-0.39, 0.29) is 23.6 Å². The number of nitriles is 1. The number of pyridine rings is 1. The third-order valence-electron chi connectivity index (χ3n) is 6.45. The molecule has 2 amide bonds. The van der Waals surface area contributed by atoms with Crippen molar-refractivity contribution in [3.05, 3.63) is 57.9 Å². The van der Waals surface area contributed by atoms with Crippen molar-refractivity contribution in [3.63, 3.8) is 0 Å². The van der Waals surface area contributed by atoms with Gasteiger partial charge in [0, 0.05) is 55.5 Å². The molecule has 7 nitrogen and oxygen atoms in total. The first-order valence-corrected chi connectivity index (χ1v) is 11.7. The first-order valence-electron chi connectivity index (χ1n) is 11.3. The van der Waals surface area contributed by atoms with E-state index in [1.54, 1.807) is 12.1 Å². The fourth-order valence-corrected chi connectivity index (χ4v) is 4.53. The van der Waals surface area contributed by atoms with E-state index in [0.717, 1.165) is 30.8 Å². The Bertz CT molecular complexity index is 1090. The zero-order valence-electron chi connectivity index (χ0n) is 19.0. The third-order valence-corrected chi connectivity index (χ3v) is 6.67. The van der Waals surface area contributed by atoms with E-state index in [9.17, 15) is 9.59 Å². The zero-order valence-corrected chi connectivity index (χ0v) is 19.7. The molecule has 1 aliphatic carbocycles. The molecule has 1 aromatic carbocycles. The lowest BCUT2D eigenvalue weighted by atomic mass is 10.0. The second kappa shape index (κ2) is 9.90. The van der Waals surface area contributed by atoms with Gasteiger partial charge in [0.15, 0.2) is 0 Å². The summed E-state index contributed by atoms with van der Waals surface area (Å²) in [5, 5.41) is 12.3. The predicted molar refractivity (Wildman–Crippen MR) is 127 cm³/mol. The highest BCUT2D eigenvalue weighted by Gasteiger charge is 2.32. The highest BCUT2D eigenvalue weighted by molar-refractivity contribution is 6.31. The Hall–Kier alpha value is -2.95. The number of rotatable bonds is 6. The van der Waals surface area contributed by atoms with E-state index in [1.807, 2.05) is 24.0 Å². The van der Waals surface area contributed by atoms with Gasteiger partial charge in [0.1, 0.15) is 11.8 Å². The molecule has 2 aliphatic rings. The van der Waals surface area contributed by atoms with Gasteiger partial charge in [0.2, 0.25) is 5.91 Å². The number of anilines is 1. The summed E-state index contributed by atoms with van der Waals surface area (Å²) in [6.45, 7) is 7.13. The van der Waals surface area contributed by atoms with Crippen LogP contribution in [0.3, 0.4) is 0 Å². The first-order chi connectivity index (χ1) is 15.8. The van der Waals surface area contributed by atoms with E-state index < -0.39 is 0 Å². The van der Waals surface area contributed by atoms with Crippen LogP contribution in [0.4, 0.5) is 5.69 Å². The minimum atomic E-state index is -0.306. The van der Waals surface area contributed by atoms with Crippen molar-refractivity contribution in [2.75, 3.05) is 25.0 Å². The number of carbonyl (C=O) groups excluding carboxylic acids is 2. The molecular formula is C25H28ClN5O2. The summed E-state index contributed by atoms with van der Waals surface area (Å²) in [4.78, 5) is 33.5. The van der Waals surface area contributed by atoms with Gasteiger partial charge in [-0.3, -0.25) is 14.5 Å². The van der Waals surface area contributed by atoms with Crippen molar-refractivity contribution in [2.24, 2.45) is 5.92 Å². The monoisotopic (exact) mass is 465 g/mol. The van der Waals surface area contributed by atoms with Crippen molar-refractivity contribution in [1.82, 2.24) is 14.8 Å². The van der Waals surface area contributed by atoms with Gasteiger partial charge >= 0.3 is 0 Å². The number of benzene rings is 1. The highest BCUT2D eigenvalue weighted by atomic mass is 35.5. The normalized spacial score (nSPS) is 18.6. The number of hydrogen-bond donors (Lipinski definition) is 1. The maximum Gasteiger partial charge on any atom is 0.257 e. The van der Waals surface area contributed by atoms with Crippen LogP contribution < -0.4 is 5.32 Å². The van der Waals surface area contributed by atoms with Gasteiger partial charge in [-0.05, 0) is 68.0 Å². The second-order valence-electron chi connectivity index (χ2n) is 9.05. The van der Waals surface area contributed by atoms with Gasteiger partial charge < -0.3 is 10.2 Å². The molecule has 1 aromatic heterocycles. The number of amides is 2. The molecule has 1 atom stereocenters. The van der Waals surface area contributed by atoms with Crippen LogP contribution in [-0.4, -0.2) is 52.3 Å². The van der Waals surface area contributed by atoms with E-state index in [1.165, 1.54) is 25.1 Å². The predicted octanol–water partition coefficient (Wildman–Crippen LogP) is 4.00. The van der Waals surface area contributed by atoms with Crippen LogP contribution in [0.1, 0.15) is 53.4 Å². The number of piperazine rings is 1. The number of halogens is 1. The van der Waals surface area contributed by atoms with Gasteiger partial charge in [-0.2, -0.15) is 5.26 Å². The first kappa shape index (κ1) is 23.2. The second-order valence-corrected chi connectivity index (χ2v) is 9.49. The van der Waals surface area contributed by atoms with Crippen molar-refractivity contribution in [3.8, 4) is 6.07 Å². The molecule has 0 radical (unpaired) electrons. The SMILES string of the molecule is Cc1c(CN2CCN(C(=O)CC3CC3)[C@@H](C)C2)cc(Cl)cc1NC(=O)c1ccc(C#N)nc1. The summed E-state index contributed by atoms with van der Waals surface area (Å²) in [7, 11) is 0. The zero-order chi connectivity index (χ0) is 23.5. The van der Waals surface area contributed by atoms with E-state index in [0.29, 0.717) is 35.2 Å². The summed E-state index contributed by atoms with van der Waals surface area (Å²) in [5.74, 6) is 0.580.